The molecule has 2 aromatic carbocycles. The summed E-state index contributed by atoms with van der Waals surface area (Å²) in [5.74, 6) is 0. The van der Waals surface area contributed by atoms with Crippen LogP contribution in [0.3, 0.4) is 0 Å². The van der Waals surface area contributed by atoms with Crippen molar-refractivity contribution in [3.8, 4) is 10.4 Å². The van der Waals surface area contributed by atoms with E-state index in [1.54, 1.807) is 10.9 Å². The molecular formula is C25H24ClN3OS. The molecule has 31 heavy (non-hydrogen) atoms. The van der Waals surface area contributed by atoms with Crippen LogP contribution in [0.1, 0.15) is 24.0 Å². The Balaban J connectivity index is 1.29. The van der Waals surface area contributed by atoms with Gasteiger partial charge >= 0.3 is 0 Å². The number of nitrogens with zero attached hydrogens (tertiary/aromatic N) is 3. The van der Waals surface area contributed by atoms with E-state index in [0.29, 0.717) is 16.3 Å². The largest absolute Gasteiger partial charge is 0.299 e. The van der Waals surface area contributed by atoms with Gasteiger partial charge in [0.1, 0.15) is 4.70 Å². The minimum atomic E-state index is 0.0286. The normalized spacial score (nSPS) is 14.5. The standard InChI is InChI=1S/C25H24ClN3OS/c26-21-9-7-20(8-10-21)23-15-22-24(31-23)25(30)29(17-27-22)14-11-18-3-5-19(6-4-18)16-28-12-1-2-13-28/h3-10,15,17H,1-2,11-14,16H2. The number of likely N-dealkylation sites (tertiary alicyclic amines) is 1. The summed E-state index contributed by atoms with van der Waals surface area (Å²) >= 11 is 7.48. The van der Waals surface area contributed by atoms with Crippen molar-refractivity contribution in [1.82, 2.24) is 14.5 Å². The van der Waals surface area contributed by atoms with E-state index in [2.05, 4.69) is 34.1 Å². The van der Waals surface area contributed by atoms with Crippen LogP contribution in [-0.2, 0) is 19.5 Å². The number of halogens is 1. The van der Waals surface area contributed by atoms with Gasteiger partial charge in [-0.3, -0.25) is 14.3 Å². The maximum absolute atomic E-state index is 13.0. The topological polar surface area (TPSA) is 38.1 Å². The number of rotatable bonds is 6. The van der Waals surface area contributed by atoms with E-state index in [4.69, 9.17) is 11.6 Å². The Morgan fingerprint density at radius 1 is 0.968 bits per heavy atom. The van der Waals surface area contributed by atoms with Gasteiger partial charge < -0.3 is 0 Å². The van der Waals surface area contributed by atoms with Crippen molar-refractivity contribution in [3.63, 3.8) is 0 Å². The molecule has 1 saturated heterocycles. The van der Waals surface area contributed by atoms with Crippen molar-refractivity contribution in [2.75, 3.05) is 13.1 Å². The Morgan fingerprint density at radius 2 is 1.68 bits per heavy atom. The summed E-state index contributed by atoms with van der Waals surface area (Å²) in [7, 11) is 0. The first-order valence-electron chi connectivity index (χ1n) is 10.7. The zero-order valence-corrected chi connectivity index (χ0v) is 18.8. The molecule has 0 saturated carbocycles. The molecule has 0 N–H and O–H groups in total. The van der Waals surface area contributed by atoms with Crippen molar-refractivity contribution in [2.24, 2.45) is 0 Å². The van der Waals surface area contributed by atoms with Crippen molar-refractivity contribution >= 4 is 33.2 Å². The van der Waals surface area contributed by atoms with Crippen LogP contribution in [0.5, 0.6) is 0 Å². The van der Waals surface area contributed by atoms with Gasteiger partial charge in [0.05, 0.1) is 11.8 Å². The van der Waals surface area contributed by atoms with Crippen molar-refractivity contribution in [2.45, 2.75) is 32.4 Å². The second-order valence-electron chi connectivity index (χ2n) is 8.12. The lowest BCUT2D eigenvalue weighted by Crippen LogP contribution is -2.20. The maximum Gasteiger partial charge on any atom is 0.271 e. The highest BCUT2D eigenvalue weighted by molar-refractivity contribution is 7.22. The van der Waals surface area contributed by atoms with Crippen LogP contribution in [0.25, 0.3) is 20.7 Å². The van der Waals surface area contributed by atoms with Crippen LogP contribution in [0.2, 0.25) is 5.02 Å². The Labute approximate surface area is 190 Å². The first-order valence-corrected chi connectivity index (χ1v) is 11.9. The Morgan fingerprint density at radius 3 is 2.42 bits per heavy atom. The molecule has 3 heterocycles. The van der Waals surface area contributed by atoms with Crippen LogP contribution in [-0.4, -0.2) is 27.5 Å². The molecule has 0 amide bonds. The average molecular weight is 450 g/mol. The summed E-state index contributed by atoms with van der Waals surface area (Å²) in [6.45, 7) is 4.08. The van der Waals surface area contributed by atoms with Gasteiger partial charge in [-0.2, -0.15) is 0 Å². The lowest BCUT2D eigenvalue weighted by molar-refractivity contribution is 0.331. The van der Waals surface area contributed by atoms with E-state index in [9.17, 15) is 4.79 Å². The highest BCUT2D eigenvalue weighted by Gasteiger charge is 2.12. The number of aryl methyl sites for hydroxylation is 2. The molecule has 1 aliphatic heterocycles. The molecule has 158 valence electrons. The summed E-state index contributed by atoms with van der Waals surface area (Å²) < 4.78 is 2.43. The van der Waals surface area contributed by atoms with E-state index >= 15 is 0 Å². The SMILES string of the molecule is O=c1c2sc(-c3ccc(Cl)cc3)cc2ncn1CCc1ccc(CN2CCCC2)cc1. The van der Waals surface area contributed by atoms with Gasteiger partial charge in [0.15, 0.2) is 0 Å². The summed E-state index contributed by atoms with van der Waals surface area (Å²) in [5, 5.41) is 0.703. The average Bonchev–Trinajstić information content (AvgIpc) is 3.45. The molecule has 0 spiro atoms. The Kier molecular flexibility index (Phi) is 5.90. The second kappa shape index (κ2) is 8.95. The fraction of sp³-hybridized carbons (Fsp3) is 0.280. The zero-order valence-electron chi connectivity index (χ0n) is 17.3. The smallest absolute Gasteiger partial charge is 0.271 e. The monoisotopic (exact) mass is 449 g/mol. The minimum absolute atomic E-state index is 0.0286. The molecule has 4 nitrogen and oxygen atoms in total. The van der Waals surface area contributed by atoms with E-state index < -0.39 is 0 Å². The van der Waals surface area contributed by atoms with Crippen LogP contribution < -0.4 is 5.56 Å². The molecule has 1 fully saturated rings. The van der Waals surface area contributed by atoms with Crippen LogP contribution >= 0.6 is 22.9 Å². The summed E-state index contributed by atoms with van der Waals surface area (Å²) in [4.78, 5) is 21.1. The molecule has 4 aromatic rings. The van der Waals surface area contributed by atoms with Gasteiger partial charge in [-0.25, -0.2) is 4.98 Å². The molecule has 0 radical (unpaired) electrons. The molecule has 1 aliphatic rings. The predicted molar refractivity (Wildman–Crippen MR) is 129 cm³/mol. The van der Waals surface area contributed by atoms with Crippen LogP contribution in [0.15, 0.2) is 65.7 Å². The number of hydrogen-bond donors (Lipinski definition) is 0. The van der Waals surface area contributed by atoms with Gasteiger partial charge in [-0.15, -0.1) is 11.3 Å². The highest BCUT2D eigenvalue weighted by atomic mass is 35.5. The van der Waals surface area contributed by atoms with E-state index in [1.807, 2.05) is 30.3 Å². The fourth-order valence-electron chi connectivity index (χ4n) is 4.12. The van der Waals surface area contributed by atoms with E-state index in [1.165, 1.54) is 48.4 Å². The molecule has 2 aromatic heterocycles. The predicted octanol–water partition coefficient (Wildman–Crippen LogP) is 5.62. The third-order valence-corrected chi connectivity index (χ3v) is 7.32. The van der Waals surface area contributed by atoms with Crippen LogP contribution in [0.4, 0.5) is 0 Å². The van der Waals surface area contributed by atoms with Crippen LogP contribution in [0, 0.1) is 0 Å². The van der Waals surface area contributed by atoms with Gasteiger partial charge in [0.25, 0.3) is 5.56 Å². The molecule has 0 unspecified atom stereocenters. The summed E-state index contributed by atoms with van der Waals surface area (Å²) in [5.41, 5.74) is 4.43. The number of thiophene rings is 1. The second-order valence-corrected chi connectivity index (χ2v) is 9.61. The molecule has 0 bridgehead atoms. The van der Waals surface area contributed by atoms with Gasteiger partial charge in [-0.1, -0.05) is 48.0 Å². The maximum atomic E-state index is 13.0. The zero-order chi connectivity index (χ0) is 21.2. The van der Waals surface area contributed by atoms with Gasteiger partial charge in [0, 0.05) is 23.0 Å². The quantitative estimate of drug-likeness (QED) is 0.383. The molecular weight excluding hydrogens is 426 g/mol. The van der Waals surface area contributed by atoms with E-state index in [-0.39, 0.29) is 5.56 Å². The molecule has 0 atom stereocenters. The lowest BCUT2D eigenvalue weighted by atomic mass is 10.1. The van der Waals surface area contributed by atoms with Crippen molar-refractivity contribution in [1.29, 1.82) is 0 Å². The Bertz CT molecular complexity index is 1240. The number of aromatic nitrogens is 2. The lowest BCUT2D eigenvalue weighted by Gasteiger charge is -2.14. The third-order valence-electron chi connectivity index (χ3n) is 5.90. The first kappa shape index (κ1) is 20.4. The molecule has 6 heteroatoms. The number of hydrogen-bond acceptors (Lipinski definition) is 4. The third kappa shape index (κ3) is 4.59. The molecule has 0 aliphatic carbocycles. The summed E-state index contributed by atoms with van der Waals surface area (Å²) in [6, 6.07) is 18.5. The van der Waals surface area contributed by atoms with Gasteiger partial charge in [0.2, 0.25) is 0 Å². The van der Waals surface area contributed by atoms with Crippen molar-refractivity contribution < 1.29 is 0 Å². The number of fused-ring (bicyclic) bond motifs is 1. The van der Waals surface area contributed by atoms with E-state index in [0.717, 1.165) is 28.9 Å². The highest BCUT2D eigenvalue weighted by Crippen LogP contribution is 2.31. The first-order chi connectivity index (χ1) is 15.2. The summed E-state index contributed by atoms with van der Waals surface area (Å²) in [6.07, 6.45) is 5.12. The Hall–Kier alpha value is -2.47. The number of benzene rings is 2. The molecule has 5 rings (SSSR count). The fourth-order valence-corrected chi connectivity index (χ4v) is 5.31. The minimum Gasteiger partial charge on any atom is -0.299 e. The van der Waals surface area contributed by atoms with Gasteiger partial charge in [-0.05, 0) is 67.2 Å². The van der Waals surface area contributed by atoms with Crippen molar-refractivity contribution in [3.05, 3.63) is 87.4 Å².